The Bertz CT molecular complexity index is 510. The SMILES string of the molecule is CC1(C)Cc2cc(Br)ccc2C1N1CCN(CCO)CC1. The van der Waals surface area contributed by atoms with Crippen LogP contribution in [0.5, 0.6) is 0 Å². The van der Waals surface area contributed by atoms with Crippen molar-refractivity contribution in [2.75, 3.05) is 39.3 Å². The average molecular weight is 353 g/mol. The number of β-amino-alcohol motifs (C(OH)–C–C–N with tert-alkyl or cyclic N) is 1. The zero-order valence-electron chi connectivity index (χ0n) is 13.0. The summed E-state index contributed by atoms with van der Waals surface area (Å²) in [7, 11) is 0. The third-order valence-corrected chi connectivity index (χ3v) is 5.47. The molecule has 0 saturated carbocycles. The van der Waals surface area contributed by atoms with Gasteiger partial charge in [0.2, 0.25) is 0 Å². The molecule has 3 rings (SSSR count). The molecule has 1 fully saturated rings. The number of hydrogen-bond acceptors (Lipinski definition) is 3. The maximum absolute atomic E-state index is 9.08. The molecule has 1 aliphatic heterocycles. The normalized spacial score (nSPS) is 26.0. The highest BCUT2D eigenvalue weighted by molar-refractivity contribution is 9.10. The third kappa shape index (κ3) is 3.04. The number of hydrogen-bond donors (Lipinski definition) is 1. The number of aliphatic hydroxyl groups is 1. The highest BCUT2D eigenvalue weighted by Crippen LogP contribution is 2.49. The minimum Gasteiger partial charge on any atom is -0.395 e. The van der Waals surface area contributed by atoms with Gasteiger partial charge in [-0.2, -0.15) is 0 Å². The molecule has 0 amide bonds. The number of nitrogens with zero attached hydrogens (tertiary/aromatic N) is 2. The Hall–Kier alpha value is -0.420. The van der Waals surface area contributed by atoms with Gasteiger partial charge in [0.05, 0.1) is 6.61 Å². The molecule has 0 spiro atoms. The summed E-state index contributed by atoms with van der Waals surface area (Å²) in [5.41, 5.74) is 3.30. The van der Waals surface area contributed by atoms with Crippen LogP contribution in [0.3, 0.4) is 0 Å². The third-order valence-electron chi connectivity index (χ3n) is 4.97. The van der Waals surface area contributed by atoms with Crippen molar-refractivity contribution in [1.29, 1.82) is 0 Å². The first-order valence-electron chi connectivity index (χ1n) is 7.87. The van der Waals surface area contributed by atoms with Gasteiger partial charge in [0, 0.05) is 43.2 Å². The number of halogens is 1. The minimum absolute atomic E-state index is 0.270. The Morgan fingerprint density at radius 2 is 1.95 bits per heavy atom. The molecule has 1 saturated heterocycles. The van der Waals surface area contributed by atoms with Crippen molar-refractivity contribution >= 4 is 15.9 Å². The molecule has 0 bridgehead atoms. The quantitative estimate of drug-likeness (QED) is 0.905. The summed E-state index contributed by atoms with van der Waals surface area (Å²) in [6.07, 6.45) is 1.16. The molecule has 0 aromatic heterocycles. The minimum atomic E-state index is 0.270. The highest BCUT2D eigenvalue weighted by Gasteiger charge is 2.42. The van der Waals surface area contributed by atoms with E-state index < -0.39 is 0 Å². The van der Waals surface area contributed by atoms with Crippen LogP contribution in [0.15, 0.2) is 22.7 Å². The van der Waals surface area contributed by atoms with Gasteiger partial charge in [-0.3, -0.25) is 9.80 Å². The van der Waals surface area contributed by atoms with E-state index in [1.807, 2.05) is 0 Å². The molecular formula is C17H25BrN2O. The Balaban J connectivity index is 1.79. The van der Waals surface area contributed by atoms with Gasteiger partial charge >= 0.3 is 0 Å². The van der Waals surface area contributed by atoms with E-state index >= 15 is 0 Å². The summed E-state index contributed by atoms with van der Waals surface area (Å²) in [6, 6.07) is 7.30. The van der Waals surface area contributed by atoms with Crippen molar-refractivity contribution < 1.29 is 5.11 Å². The van der Waals surface area contributed by atoms with E-state index in [0.29, 0.717) is 11.5 Å². The number of benzene rings is 1. The highest BCUT2D eigenvalue weighted by atomic mass is 79.9. The lowest BCUT2D eigenvalue weighted by atomic mass is 9.84. The van der Waals surface area contributed by atoms with E-state index in [0.717, 1.165) is 39.1 Å². The van der Waals surface area contributed by atoms with Gasteiger partial charge in [0.15, 0.2) is 0 Å². The summed E-state index contributed by atoms with van der Waals surface area (Å²) in [5.74, 6) is 0. The summed E-state index contributed by atoms with van der Waals surface area (Å²) in [6.45, 7) is 10.2. The molecule has 116 valence electrons. The summed E-state index contributed by atoms with van der Waals surface area (Å²) >= 11 is 3.60. The van der Waals surface area contributed by atoms with Crippen molar-refractivity contribution in [3.8, 4) is 0 Å². The van der Waals surface area contributed by atoms with Crippen LogP contribution >= 0.6 is 15.9 Å². The molecular weight excluding hydrogens is 328 g/mol. The summed E-state index contributed by atoms with van der Waals surface area (Å²) < 4.78 is 1.19. The van der Waals surface area contributed by atoms with E-state index in [-0.39, 0.29) is 6.61 Å². The molecule has 4 heteroatoms. The van der Waals surface area contributed by atoms with E-state index in [4.69, 9.17) is 5.11 Å². The van der Waals surface area contributed by atoms with Crippen LogP contribution in [0.1, 0.15) is 31.0 Å². The lowest BCUT2D eigenvalue weighted by Gasteiger charge is -2.43. The van der Waals surface area contributed by atoms with Crippen LogP contribution in [-0.4, -0.2) is 54.2 Å². The van der Waals surface area contributed by atoms with Crippen molar-refractivity contribution in [3.63, 3.8) is 0 Å². The standard InChI is InChI=1S/C17H25BrN2O/c1-17(2)12-13-11-14(18)3-4-15(13)16(17)20-7-5-19(6-8-20)9-10-21/h3-4,11,16,21H,5-10,12H2,1-2H3. The van der Waals surface area contributed by atoms with Gasteiger partial charge in [-0.25, -0.2) is 0 Å². The van der Waals surface area contributed by atoms with E-state index in [9.17, 15) is 0 Å². The van der Waals surface area contributed by atoms with Crippen LogP contribution in [0.2, 0.25) is 0 Å². The number of piperazine rings is 1. The van der Waals surface area contributed by atoms with Crippen LogP contribution in [0.4, 0.5) is 0 Å². The van der Waals surface area contributed by atoms with E-state index in [1.54, 1.807) is 0 Å². The van der Waals surface area contributed by atoms with E-state index in [2.05, 4.69) is 57.8 Å². The second kappa shape index (κ2) is 5.99. The largest absolute Gasteiger partial charge is 0.395 e. The molecule has 2 aliphatic rings. The first kappa shape index (κ1) is 15.5. The van der Waals surface area contributed by atoms with Crippen LogP contribution < -0.4 is 0 Å². The zero-order valence-corrected chi connectivity index (χ0v) is 14.6. The predicted molar refractivity (Wildman–Crippen MR) is 89.5 cm³/mol. The maximum atomic E-state index is 9.08. The van der Waals surface area contributed by atoms with Crippen LogP contribution in [0, 0.1) is 5.41 Å². The Labute approximate surface area is 136 Å². The first-order valence-corrected chi connectivity index (χ1v) is 8.66. The van der Waals surface area contributed by atoms with Crippen molar-refractivity contribution in [3.05, 3.63) is 33.8 Å². The molecule has 1 heterocycles. The number of fused-ring (bicyclic) bond motifs is 1. The predicted octanol–water partition coefficient (Wildman–Crippen LogP) is 2.68. The second-order valence-corrected chi connectivity index (χ2v) is 7.93. The number of rotatable bonds is 3. The Morgan fingerprint density at radius 1 is 1.24 bits per heavy atom. The Morgan fingerprint density at radius 3 is 2.62 bits per heavy atom. The molecule has 21 heavy (non-hydrogen) atoms. The van der Waals surface area contributed by atoms with Crippen molar-refractivity contribution in [1.82, 2.24) is 9.80 Å². The smallest absolute Gasteiger partial charge is 0.0558 e. The molecule has 1 unspecified atom stereocenters. The lowest BCUT2D eigenvalue weighted by Crippen LogP contribution is -2.50. The molecule has 0 radical (unpaired) electrons. The molecule has 1 atom stereocenters. The summed E-state index contributed by atoms with van der Waals surface area (Å²) in [5, 5.41) is 9.08. The molecule has 1 N–H and O–H groups in total. The molecule has 1 aromatic carbocycles. The fourth-order valence-corrected chi connectivity index (χ4v) is 4.49. The van der Waals surface area contributed by atoms with Gasteiger partial charge in [0.25, 0.3) is 0 Å². The molecule has 3 nitrogen and oxygen atoms in total. The fourth-order valence-electron chi connectivity index (χ4n) is 4.08. The second-order valence-electron chi connectivity index (χ2n) is 7.01. The molecule has 1 aromatic rings. The fraction of sp³-hybridized carbons (Fsp3) is 0.647. The lowest BCUT2D eigenvalue weighted by molar-refractivity contribution is 0.0414. The first-order chi connectivity index (χ1) is 10.0. The maximum Gasteiger partial charge on any atom is 0.0558 e. The number of aliphatic hydroxyl groups excluding tert-OH is 1. The summed E-state index contributed by atoms with van der Waals surface area (Å²) in [4.78, 5) is 5.01. The van der Waals surface area contributed by atoms with E-state index in [1.165, 1.54) is 15.6 Å². The van der Waals surface area contributed by atoms with Crippen molar-refractivity contribution in [2.24, 2.45) is 5.41 Å². The van der Waals surface area contributed by atoms with Gasteiger partial charge in [-0.15, -0.1) is 0 Å². The Kier molecular flexibility index (Phi) is 4.42. The van der Waals surface area contributed by atoms with Crippen LogP contribution in [-0.2, 0) is 6.42 Å². The van der Waals surface area contributed by atoms with Gasteiger partial charge in [0.1, 0.15) is 0 Å². The van der Waals surface area contributed by atoms with Gasteiger partial charge in [-0.1, -0.05) is 35.8 Å². The topological polar surface area (TPSA) is 26.7 Å². The zero-order chi connectivity index (χ0) is 15.0. The average Bonchev–Trinajstić information content (AvgIpc) is 2.69. The van der Waals surface area contributed by atoms with Gasteiger partial charge < -0.3 is 5.11 Å². The molecule has 1 aliphatic carbocycles. The van der Waals surface area contributed by atoms with Crippen LogP contribution in [0.25, 0.3) is 0 Å². The van der Waals surface area contributed by atoms with Crippen molar-refractivity contribution in [2.45, 2.75) is 26.3 Å². The van der Waals surface area contributed by atoms with Gasteiger partial charge in [-0.05, 0) is 35.1 Å². The monoisotopic (exact) mass is 352 g/mol.